The molecule has 7 nitrogen and oxygen atoms in total. The molecular weight excluding hydrogens is 280 g/mol. The summed E-state index contributed by atoms with van der Waals surface area (Å²) in [5, 5.41) is 20.0. The summed E-state index contributed by atoms with van der Waals surface area (Å²) in [7, 11) is 1.65. The summed E-state index contributed by atoms with van der Waals surface area (Å²) in [6, 6.07) is 7.60. The van der Waals surface area contributed by atoms with Gasteiger partial charge in [0.2, 0.25) is 0 Å². The summed E-state index contributed by atoms with van der Waals surface area (Å²) in [5.74, 6) is 1.46. The first kappa shape index (κ1) is 12.5. The molecule has 2 N–H and O–H groups in total. The highest BCUT2D eigenvalue weighted by Gasteiger charge is 2.12. The number of methoxy groups -OCH3 is 1. The van der Waals surface area contributed by atoms with Crippen LogP contribution in [-0.4, -0.2) is 32.5 Å². The topological polar surface area (TPSA) is 88.6 Å². The van der Waals surface area contributed by atoms with Crippen molar-refractivity contribution in [3.8, 4) is 5.75 Å². The van der Waals surface area contributed by atoms with Crippen molar-refractivity contribution in [1.29, 1.82) is 0 Å². The number of anilines is 2. The van der Waals surface area contributed by atoms with Gasteiger partial charge < -0.3 is 10.1 Å². The molecule has 4 rings (SSSR count). The lowest BCUT2D eigenvalue weighted by molar-refractivity contribution is 0.415. The molecule has 7 heteroatoms. The molecule has 0 radical (unpaired) electrons. The van der Waals surface area contributed by atoms with E-state index in [1.54, 1.807) is 19.5 Å². The molecule has 0 aliphatic carbocycles. The van der Waals surface area contributed by atoms with E-state index in [1.165, 1.54) is 0 Å². The zero-order valence-corrected chi connectivity index (χ0v) is 11.7. The summed E-state index contributed by atoms with van der Waals surface area (Å²) >= 11 is 0. The van der Waals surface area contributed by atoms with Gasteiger partial charge in [-0.2, -0.15) is 15.3 Å². The normalized spacial score (nSPS) is 11.0. The molecule has 4 aromatic rings. The van der Waals surface area contributed by atoms with Crippen molar-refractivity contribution in [2.75, 3.05) is 12.4 Å². The Labute approximate surface area is 125 Å². The summed E-state index contributed by atoms with van der Waals surface area (Å²) in [6.45, 7) is 0. The van der Waals surface area contributed by atoms with Crippen LogP contribution in [0.3, 0.4) is 0 Å². The number of hydrogen-bond donors (Lipinski definition) is 2. The van der Waals surface area contributed by atoms with Crippen LogP contribution in [0.15, 0.2) is 42.9 Å². The predicted molar refractivity (Wildman–Crippen MR) is 83.3 cm³/mol. The second kappa shape index (κ2) is 4.96. The fraction of sp³-hybridized carbons (Fsp3) is 0.0667. The van der Waals surface area contributed by atoms with Crippen molar-refractivity contribution in [3.63, 3.8) is 0 Å². The largest absolute Gasteiger partial charge is 0.497 e. The molecule has 0 amide bonds. The Morgan fingerprint density at radius 2 is 2.09 bits per heavy atom. The SMILES string of the molecule is COc1ccc2nc(Nc3ccnnc3)c3n[nH]cc3c2c1. The summed E-state index contributed by atoms with van der Waals surface area (Å²) in [6.07, 6.45) is 5.11. The Morgan fingerprint density at radius 3 is 2.91 bits per heavy atom. The molecule has 0 spiro atoms. The summed E-state index contributed by atoms with van der Waals surface area (Å²) in [5.41, 5.74) is 2.43. The van der Waals surface area contributed by atoms with Crippen LogP contribution in [0.5, 0.6) is 5.75 Å². The first-order chi connectivity index (χ1) is 10.8. The van der Waals surface area contributed by atoms with Crippen molar-refractivity contribution in [3.05, 3.63) is 42.9 Å². The highest BCUT2D eigenvalue weighted by molar-refractivity contribution is 6.09. The number of fused-ring (bicyclic) bond motifs is 3. The minimum Gasteiger partial charge on any atom is -0.497 e. The number of H-pyrrole nitrogens is 1. The first-order valence-corrected chi connectivity index (χ1v) is 6.70. The van der Waals surface area contributed by atoms with Gasteiger partial charge in [0.1, 0.15) is 11.3 Å². The number of aromatic amines is 1. The quantitative estimate of drug-likeness (QED) is 0.603. The Balaban J connectivity index is 1.92. The molecule has 0 aliphatic rings. The van der Waals surface area contributed by atoms with E-state index < -0.39 is 0 Å². The highest BCUT2D eigenvalue weighted by Crippen LogP contribution is 2.31. The zero-order valence-electron chi connectivity index (χ0n) is 11.7. The maximum Gasteiger partial charge on any atom is 0.159 e. The second-order valence-electron chi connectivity index (χ2n) is 4.75. The highest BCUT2D eigenvalue weighted by atomic mass is 16.5. The second-order valence-corrected chi connectivity index (χ2v) is 4.75. The molecule has 0 aliphatic heterocycles. The van der Waals surface area contributed by atoms with Crippen molar-refractivity contribution in [1.82, 2.24) is 25.4 Å². The summed E-state index contributed by atoms with van der Waals surface area (Å²) in [4.78, 5) is 4.65. The number of nitrogens with zero attached hydrogens (tertiary/aromatic N) is 4. The van der Waals surface area contributed by atoms with Crippen molar-refractivity contribution >= 4 is 33.3 Å². The van der Waals surface area contributed by atoms with Gasteiger partial charge in [-0.3, -0.25) is 5.10 Å². The molecular formula is C15H12N6O. The van der Waals surface area contributed by atoms with E-state index in [0.29, 0.717) is 5.82 Å². The van der Waals surface area contributed by atoms with Gasteiger partial charge in [-0.15, -0.1) is 0 Å². The van der Waals surface area contributed by atoms with Crippen molar-refractivity contribution in [2.45, 2.75) is 0 Å². The molecule has 22 heavy (non-hydrogen) atoms. The molecule has 1 aromatic carbocycles. The average molecular weight is 292 g/mol. The van der Waals surface area contributed by atoms with Gasteiger partial charge in [0.05, 0.1) is 30.7 Å². The standard InChI is InChI=1S/C15H12N6O/c1-22-10-2-3-13-11(6-10)12-8-18-21-14(12)15(20-13)19-9-4-5-16-17-7-9/h2-8H,1H3,(H,18,21)(H,16,19,20). The molecule has 0 fully saturated rings. The fourth-order valence-electron chi connectivity index (χ4n) is 2.39. The average Bonchev–Trinajstić information content (AvgIpc) is 3.06. The minimum atomic E-state index is 0.668. The van der Waals surface area contributed by atoms with Crippen LogP contribution in [0, 0.1) is 0 Å². The number of benzene rings is 1. The van der Waals surface area contributed by atoms with Crippen LogP contribution in [-0.2, 0) is 0 Å². The maximum absolute atomic E-state index is 5.28. The van der Waals surface area contributed by atoms with Gasteiger partial charge in [0.25, 0.3) is 0 Å². The first-order valence-electron chi connectivity index (χ1n) is 6.70. The van der Waals surface area contributed by atoms with Gasteiger partial charge in [-0.1, -0.05) is 0 Å². The number of hydrogen-bond acceptors (Lipinski definition) is 6. The lowest BCUT2D eigenvalue weighted by Crippen LogP contribution is -1.97. The van der Waals surface area contributed by atoms with E-state index in [4.69, 9.17) is 4.74 Å². The van der Waals surface area contributed by atoms with E-state index in [1.807, 2.05) is 30.5 Å². The zero-order chi connectivity index (χ0) is 14.9. The summed E-state index contributed by atoms with van der Waals surface area (Å²) < 4.78 is 5.28. The lowest BCUT2D eigenvalue weighted by atomic mass is 10.1. The molecule has 0 saturated carbocycles. The van der Waals surface area contributed by atoms with Crippen LogP contribution in [0.4, 0.5) is 11.5 Å². The van der Waals surface area contributed by atoms with E-state index in [2.05, 4.69) is 30.7 Å². The van der Waals surface area contributed by atoms with Gasteiger partial charge in [-0.05, 0) is 24.3 Å². The van der Waals surface area contributed by atoms with E-state index >= 15 is 0 Å². The molecule has 3 heterocycles. The predicted octanol–water partition coefficient (Wildman–Crippen LogP) is 2.65. The van der Waals surface area contributed by atoms with Crippen molar-refractivity contribution < 1.29 is 4.74 Å². The van der Waals surface area contributed by atoms with E-state index in [0.717, 1.165) is 33.2 Å². The maximum atomic E-state index is 5.28. The van der Waals surface area contributed by atoms with Crippen LogP contribution in [0.25, 0.3) is 21.8 Å². The van der Waals surface area contributed by atoms with Gasteiger partial charge in [0.15, 0.2) is 5.82 Å². The number of aromatic nitrogens is 5. The number of pyridine rings is 1. The third-order valence-corrected chi connectivity index (χ3v) is 3.44. The third-order valence-electron chi connectivity index (χ3n) is 3.44. The Kier molecular flexibility index (Phi) is 2.82. The Bertz CT molecular complexity index is 950. The monoisotopic (exact) mass is 292 g/mol. The molecule has 3 aromatic heterocycles. The smallest absolute Gasteiger partial charge is 0.159 e. The molecule has 0 unspecified atom stereocenters. The lowest BCUT2D eigenvalue weighted by Gasteiger charge is -2.08. The number of ether oxygens (including phenoxy) is 1. The molecule has 0 bridgehead atoms. The van der Waals surface area contributed by atoms with Crippen LogP contribution in [0.1, 0.15) is 0 Å². The number of nitrogens with one attached hydrogen (secondary N) is 2. The van der Waals surface area contributed by atoms with Gasteiger partial charge >= 0.3 is 0 Å². The van der Waals surface area contributed by atoms with E-state index in [9.17, 15) is 0 Å². The van der Waals surface area contributed by atoms with Crippen molar-refractivity contribution in [2.24, 2.45) is 0 Å². The van der Waals surface area contributed by atoms with E-state index in [-0.39, 0.29) is 0 Å². The van der Waals surface area contributed by atoms with Gasteiger partial charge in [0, 0.05) is 17.0 Å². The van der Waals surface area contributed by atoms with Crippen LogP contribution < -0.4 is 10.1 Å². The Hall–Kier alpha value is -3.22. The molecule has 0 atom stereocenters. The Morgan fingerprint density at radius 1 is 1.14 bits per heavy atom. The third kappa shape index (κ3) is 1.99. The fourth-order valence-corrected chi connectivity index (χ4v) is 2.39. The molecule has 108 valence electrons. The molecule has 0 saturated heterocycles. The minimum absolute atomic E-state index is 0.668. The number of rotatable bonds is 3. The van der Waals surface area contributed by atoms with Crippen LogP contribution >= 0.6 is 0 Å². The van der Waals surface area contributed by atoms with Gasteiger partial charge in [-0.25, -0.2) is 4.98 Å². The van der Waals surface area contributed by atoms with Crippen LogP contribution in [0.2, 0.25) is 0 Å².